The van der Waals surface area contributed by atoms with E-state index in [-0.39, 0.29) is 5.69 Å². The zero-order chi connectivity index (χ0) is 20.4. The summed E-state index contributed by atoms with van der Waals surface area (Å²) < 4.78 is 41.7. The molecule has 2 aromatic rings. The predicted molar refractivity (Wildman–Crippen MR) is 101 cm³/mol. The van der Waals surface area contributed by atoms with E-state index in [0.717, 1.165) is 22.2 Å². The molecule has 2 N–H and O–H groups in total. The molecular formula is C19H18BrF3N2O3. The maximum atomic E-state index is 12.4. The average molecular weight is 459 g/mol. The normalized spacial score (nSPS) is 16.5. The number of benzene rings is 2. The minimum absolute atomic E-state index is 0.195. The number of nitrogens with zero attached hydrogens (tertiary/aromatic N) is 1. The highest BCUT2D eigenvalue weighted by Gasteiger charge is 2.35. The summed E-state index contributed by atoms with van der Waals surface area (Å²) >= 11 is 3.35. The summed E-state index contributed by atoms with van der Waals surface area (Å²) in [6.45, 7) is 0.633. The highest BCUT2D eigenvalue weighted by atomic mass is 79.9. The summed E-state index contributed by atoms with van der Waals surface area (Å²) in [5.41, 5.74) is -0.0361. The van der Waals surface area contributed by atoms with E-state index in [1.807, 2.05) is 24.3 Å². The Bertz CT molecular complexity index is 835. The van der Waals surface area contributed by atoms with Gasteiger partial charge >= 0.3 is 12.4 Å². The van der Waals surface area contributed by atoms with Crippen molar-refractivity contribution in [3.8, 4) is 5.75 Å². The van der Waals surface area contributed by atoms with Crippen molar-refractivity contribution in [2.45, 2.75) is 24.8 Å². The first-order valence-corrected chi connectivity index (χ1v) is 9.34. The maximum Gasteiger partial charge on any atom is 0.573 e. The zero-order valence-corrected chi connectivity index (χ0v) is 16.3. The third kappa shape index (κ3) is 5.17. The SMILES string of the molecule is O=C(Nc1cccc(OC(F)(F)F)c1)N1CCC(O)(c2ccc(Br)cc2)CC1. The number of alkyl halides is 3. The second kappa shape index (κ2) is 8.00. The van der Waals surface area contributed by atoms with Crippen LogP contribution in [0.3, 0.4) is 0 Å². The van der Waals surface area contributed by atoms with Crippen LogP contribution in [-0.2, 0) is 5.60 Å². The zero-order valence-electron chi connectivity index (χ0n) is 14.7. The van der Waals surface area contributed by atoms with Gasteiger partial charge in [0.25, 0.3) is 0 Å². The van der Waals surface area contributed by atoms with E-state index in [1.165, 1.54) is 17.0 Å². The quantitative estimate of drug-likeness (QED) is 0.689. The summed E-state index contributed by atoms with van der Waals surface area (Å²) in [7, 11) is 0. The van der Waals surface area contributed by atoms with Crippen molar-refractivity contribution >= 4 is 27.6 Å². The smallest absolute Gasteiger partial charge is 0.406 e. The molecule has 2 aromatic carbocycles. The van der Waals surface area contributed by atoms with Gasteiger partial charge in [-0.2, -0.15) is 0 Å². The number of hydrogen-bond acceptors (Lipinski definition) is 3. The summed E-state index contributed by atoms with van der Waals surface area (Å²) in [6, 6.07) is 12.0. The van der Waals surface area contributed by atoms with Crippen LogP contribution in [0.1, 0.15) is 18.4 Å². The van der Waals surface area contributed by atoms with E-state index in [9.17, 15) is 23.1 Å². The topological polar surface area (TPSA) is 61.8 Å². The molecule has 1 fully saturated rings. The Morgan fingerprint density at radius 3 is 2.39 bits per heavy atom. The molecule has 0 bridgehead atoms. The lowest BCUT2D eigenvalue weighted by Crippen LogP contribution is -2.46. The van der Waals surface area contributed by atoms with Gasteiger partial charge in [0.2, 0.25) is 0 Å². The van der Waals surface area contributed by atoms with Crippen LogP contribution in [-0.4, -0.2) is 35.5 Å². The lowest BCUT2D eigenvalue weighted by Gasteiger charge is -2.38. The molecule has 1 aliphatic heterocycles. The molecule has 0 saturated carbocycles. The second-order valence-electron chi connectivity index (χ2n) is 6.53. The van der Waals surface area contributed by atoms with Crippen LogP contribution in [0, 0.1) is 0 Å². The number of carbonyl (C=O) groups is 1. The number of anilines is 1. The summed E-state index contributed by atoms with van der Waals surface area (Å²) in [4.78, 5) is 13.9. The molecule has 5 nitrogen and oxygen atoms in total. The van der Waals surface area contributed by atoms with Gasteiger partial charge in [-0.15, -0.1) is 13.2 Å². The van der Waals surface area contributed by atoms with Crippen LogP contribution < -0.4 is 10.1 Å². The monoisotopic (exact) mass is 458 g/mol. The first-order valence-electron chi connectivity index (χ1n) is 8.55. The highest BCUT2D eigenvalue weighted by molar-refractivity contribution is 9.10. The number of nitrogens with one attached hydrogen (secondary N) is 1. The second-order valence-corrected chi connectivity index (χ2v) is 7.45. The summed E-state index contributed by atoms with van der Waals surface area (Å²) in [5.74, 6) is -0.409. The molecule has 2 amide bonds. The van der Waals surface area contributed by atoms with Crippen molar-refractivity contribution in [2.24, 2.45) is 0 Å². The van der Waals surface area contributed by atoms with Crippen LogP contribution in [0.4, 0.5) is 23.7 Å². The van der Waals surface area contributed by atoms with E-state index in [1.54, 1.807) is 0 Å². The molecule has 0 unspecified atom stereocenters. The minimum atomic E-state index is -4.80. The van der Waals surface area contributed by atoms with Gasteiger partial charge in [-0.25, -0.2) is 4.79 Å². The third-order valence-electron chi connectivity index (χ3n) is 4.58. The molecule has 0 atom stereocenters. The number of halogens is 4. The lowest BCUT2D eigenvalue weighted by atomic mass is 9.84. The fraction of sp³-hybridized carbons (Fsp3) is 0.316. The van der Waals surface area contributed by atoms with Crippen molar-refractivity contribution in [2.75, 3.05) is 18.4 Å². The maximum absolute atomic E-state index is 12.4. The Balaban J connectivity index is 1.60. The van der Waals surface area contributed by atoms with Crippen LogP contribution in [0.15, 0.2) is 53.0 Å². The molecule has 150 valence electrons. The Morgan fingerprint density at radius 1 is 1.14 bits per heavy atom. The predicted octanol–water partition coefficient (Wildman–Crippen LogP) is 4.86. The molecule has 0 spiro atoms. The van der Waals surface area contributed by atoms with E-state index >= 15 is 0 Å². The number of hydrogen-bond donors (Lipinski definition) is 2. The molecule has 28 heavy (non-hydrogen) atoms. The fourth-order valence-electron chi connectivity index (χ4n) is 3.10. The third-order valence-corrected chi connectivity index (χ3v) is 5.11. The number of urea groups is 1. The van der Waals surface area contributed by atoms with Gasteiger partial charge < -0.3 is 20.1 Å². The number of piperidine rings is 1. The van der Waals surface area contributed by atoms with E-state index in [0.29, 0.717) is 25.9 Å². The summed E-state index contributed by atoms with van der Waals surface area (Å²) in [6.07, 6.45) is -4.08. The van der Waals surface area contributed by atoms with Crippen LogP contribution in [0.5, 0.6) is 5.75 Å². The van der Waals surface area contributed by atoms with Crippen molar-refractivity contribution < 1.29 is 27.8 Å². The molecule has 1 heterocycles. The Morgan fingerprint density at radius 2 is 1.79 bits per heavy atom. The largest absolute Gasteiger partial charge is 0.573 e. The summed E-state index contributed by atoms with van der Waals surface area (Å²) in [5, 5.41) is 13.4. The number of ether oxygens (including phenoxy) is 1. The van der Waals surface area contributed by atoms with Crippen LogP contribution >= 0.6 is 15.9 Å². The van der Waals surface area contributed by atoms with Gasteiger partial charge in [0.05, 0.1) is 5.60 Å². The van der Waals surface area contributed by atoms with Crippen molar-refractivity contribution in [1.82, 2.24) is 4.90 Å². The number of amides is 2. The van der Waals surface area contributed by atoms with Gasteiger partial charge in [-0.05, 0) is 42.7 Å². The van der Waals surface area contributed by atoms with E-state index < -0.39 is 23.7 Å². The van der Waals surface area contributed by atoms with Gasteiger partial charge in [0.15, 0.2) is 0 Å². The van der Waals surface area contributed by atoms with Crippen LogP contribution in [0.25, 0.3) is 0 Å². The average Bonchev–Trinajstić information content (AvgIpc) is 2.61. The fourth-order valence-corrected chi connectivity index (χ4v) is 3.37. The van der Waals surface area contributed by atoms with Gasteiger partial charge in [0, 0.05) is 29.3 Å². The number of carbonyl (C=O) groups excluding carboxylic acids is 1. The molecule has 0 aliphatic carbocycles. The Labute approximate surface area is 168 Å². The molecule has 3 rings (SSSR count). The van der Waals surface area contributed by atoms with E-state index in [2.05, 4.69) is 26.0 Å². The van der Waals surface area contributed by atoms with Gasteiger partial charge in [-0.1, -0.05) is 34.1 Å². The number of rotatable bonds is 3. The van der Waals surface area contributed by atoms with Crippen LogP contribution in [0.2, 0.25) is 0 Å². The molecule has 1 saturated heterocycles. The number of likely N-dealkylation sites (tertiary alicyclic amines) is 1. The van der Waals surface area contributed by atoms with Crippen molar-refractivity contribution in [3.63, 3.8) is 0 Å². The molecule has 0 aromatic heterocycles. The van der Waals surface area contributed by atoms with Gasteiger partial charge in [-0.3, -0.25) is 0 Å². The molecule has 1 aliphatic rings. The first-order chi connectivity index (χ1) is 13.1. The Kier molecular flexibility index (Phi) is 5.85. The van der Waals surface area contributed by atoms with Crippen molar-refractivity contribution in [3.05, 3.63) is 58.6 Å². The molecule has 0 radical (unpaired) electrons. The lowest BCUT2D eigenvalue weighted by molar-refractivity contribution is -0.274. The van der Waals surface area contributed by atoms with Gasteiger partial charge in [0.1, 0.15) is 5.75 Å². The molecular weight excluding hydrogens is 441 g/mol. The molecule has 9 heteroatoms. The minimum Gasteiger partial charge on any atom is -0.406 e. The standard InChI is InChI=1S/C19H18BrF3N2O3/c20-14-6-4-13(5-7-14)18(27)8-10-25(11-9-18)17(26)24-15-2-1-3-16(12-15)28-19(21,22)23/h1-7,12,27H,8-11H2,(H,24,26). The first kappa shape index (κ1) is 20.5. The highest BCUT2D eigenvalue weighted by Crippen LogP contribution is 2.33. The Hall–Kier alpha value is -2.26. The van der Waals surface area contributed by atoms with E-state index in [4.69, 9.17) is 0 Å². The number of aliphatic hydroxyl groups is 1. The van der Waals surface area contributed by atoms with Crippen molar-refractivity contribution in [1.29, 1.82) is 0 Å².